The molecular formula is C22H25FN2O3. The molecule has 2 aromatic carbocycles. The molecule has 2 heterocycles. The minimum Gasteiger partial charge on any atom is -0.454 e. The number of rotatable bonds is 5. The second kappa shape index (κ2) is 8.19. The SMILES string of the molecule is CC(Cc1ccccc1F)C(=O)N1CCN(Cc2ccc3c(c2)OCO3)CC1. The molecule has 148 valence electrons. The highest BCUT2D eigenvalue weighted by atomic mass is 19.1. The smallest absolute Gasteiger partial charge is 0.231 e. The van der Waals surface area contributed by atoms with Crippen LogP contribution in [0.25, 0.3) is 0 Å². The monoisotopic (exact) mass is 384 g/mol. The van der Waals surface area contributed by atoms with Gasteiger partial charge in [0.2, 0.25) is 12.7 Å². The first-order chi connectivity index (χ1) is 13.6. The van der Waals surface area contributed by atoms with Gasteiger partial charge >= 0.3 is 0 Å². The van der Waals surface area contributed by atoms with Crippen LogP contribution in [0, 0.1) is 11.7 Å². The lowest BCUT2D eigenvalue weighted by Crippen LogP contribution is -2.49. The largest absolute Gasteiger partial charge is 0.454 e. The van der Waals surface area contributed by atoms with E-state index in [4.69, 9.17) is 9.47 Å². The lowest BCUT2D eigenvalue weighted by atomic mass is 9.99. The molecule has 0 bridgehead atoms. The highest BCUT2D eigenvalue weighted by molar-refractivity contribution is 5.79. The molecule has 1 atom stereocenters. The Kier molecular flexibility index (Phi) is 5.48. The average molecular weight is 384 g/mol. The van der Waals surface area contributed by atoms with Crippen LogP contribution in [0.2, 0.25) is 0 Å². The quantitative estimate of drug-likeness (QED) is 0.795. The molecule has 0 N–H and O–H groups in total. The Hall–Kier alpha value is -2.60. The van der Waals surface area contributed by atoms with Gasteiger partial charge in [0.1, 0.15) is 5.82 Å². The number of piperazine rings is 1. The molecule has 1 amide bonds. The van der Waals surface area contributed by atoms with Crippen molar-refractivity contribution in [1.82, 2.24) is 9.80 Å². The van der Waals surface area contributed by atoms with Gasteiger partial charge in [0.15, 0.2) is 11.5 Å². The van der Waals surface area contributed by atoms with Crippen LogP contribution in [0.1, 0.15) is 18.1 Å². The van der Waals surface area contributed by atoms with Crippen LogP contribution in [0.15, 0.2) is 42.5 Å². The van der Waals surface area contributed by atoms with E-state index in [9.17, 15) is 9.18 Å². The Labute approximate surface area is 164 Å². The van der Waals surface area contributed by atoms with E-state index in [1.54, 1.807) is 12.1 Å². The molecule has 1 fully saturated rings. The summed E-state index contributed by atoms with van der Waals surface area (Å²) in [7, 11) is 0. The number of carbonyl (C=O) groups excluding carboxylic acids is 1. The lowest BCUT2D eigenvalue weighted by molar-refractivity contribution is -0.136. The van der Waals surface area contributed by atoms with Gasteiger partial charge in [-0.3, -0.25) is 9.69 Å². The van der Waals surface area contributed by atoms with Crippen LogP contribution < -0.4 is 9.47 Å². The van der Waals surface area contributed by atoms with Gasteiger partial charge in [-0.1, -0.05) is 31.2 Å². The number of carbonyl (C=O) groups is 1. The van der Waals surface area contributed by atoms with Crippen LogP contribution in [-0.4, -0.2) is 48.7 Å². The number of hydrogen-bond acceptors (Lipinski definition) is 4. The number of amides is 1. The third-order valence-corrected chi connectivity index (χ3v) is 5.43. The molecule has 28 heavy (non-hydrogen) atoms. The van der Waals surface area contributed by atoms with Crippen molar-refractivity contribution >= 4 is 5.91 Å². The van der Waals surface area contributed by atoms with Gasteiger partial charge in [0.05, 0.1) is 0 Å². The molecule has 4 rings (SSSR count). The van der Waals surface area contributed by atoms with E-state index >= 15 is 0 Å². The Morgan fingerprint density at radius 3 is 2.61 bits per heavy atom. The van der Waals surface area contributed by atoms with Crippen LogP contribution in [-0.2, 0) is 17.8 Å². The van der Waals surface area contributed by atoms with Crippen molar-refractivity contribution in [2.45, 2.75) is 19.9 Å². The minimum absolute atomic E-state index is 0.103. The van der Waals surface area contributed by atoms with Crippen molar-refractivity contribution in [2.75, 3.05) is 33.0 Å². The second-order valence-electron chi connectivity index (χ2n) is 7.49. The van der Waals surface area contributed by atoms with Crippen molar-refractivity contribution in [1.29, 1.82) is 0 Å². The highest BCUT2D eigenvalue weighted by Crippen LogP contribution is 2.32. The van der Waals surface area contributed by atoms with E-state index < -0.39 is 0 Å². The normalized spacial score (nSPS) is 17.6. The zero-order chi connectivity index (χ0) is 19.5. The third-order valence-electron chi connectivity index (χ3n) is 5.43. The molecule has 0 spiro atoms. The fourth-order valence-electron chi connectivity index (χ4n) is 3.82. The number of benzene rings is 2. The summed E-state index contributed by atoms with van der Waals surface area (Å²) in [6.45, 7) is 6.04. The van der Waals surface area contributed by atoms with E-state index in [0.29, 0.717) is 25.1 Å². The van der Waals surface area contributed by atoms with E-state index in [0.717, 1.165) is 31.1 Å². The van der Waals surface area contributed by atoms with Crippen molar-refractivity contribution in [3.05, 3.63) is 59.4 Å². The number of fused-ring (bicyclic) bond motifs is 1. The summed E-state index contributed by atoms with van der Waals surface area (Å²) < 4.78 is 24.6. The van der Waals surface area contributed by atoms with Gasteiger partial charge in [0, 0.05) is 38.6 Å². The molecular weight excluding hydrogens is 359 g/mol. The standard InChI is InChI=1S/C22H25FN2O3/c1-16(12-18-4-2-3-5-19(18)23)22(26)25-10-8-24(9-11-25)14-17-6-7-20-21(13-17)28-15-27-20/h2-7,13,16H,8-12,14-15H2,1H3. The number of ether oxygens (including phenoxy) is 2. The van der Waals surface area contributed by atoms with Crippen molar-refractivity contribution < 1.29 is 18.7 Å². The predicted octanol–water partition coefficient (Wildman–Crippen LogP) is 3.08. The first-order valence-electron chi connectivity index (χ1n) is 9.73. The molecule has 1 unspecified atom stereocenters. The minimum atomic E-state index is -0.240. The maximum atomic E-state index is 13.8. The predicted molar refractivity (Wildman–Crippen MR) is 104 cm³/mol. The van der Waals surface area contributed by atoms with Gasteiger partial charge in [-0.25, -0.2) is 4.39 Å². The third kappa shape index (κ3) is 4.12. The first-order valence-corrected chi connectivity index (χ1v) is 9.73. The van der Waals surface area contributed by atoms with Crippen molar-refractivity contribution in [2.24, 2.45) is 5.92 Å². The van der Waals surface area contributed by atoms with E-state index in [-0.39, 0.29) is 24.4 Å². The van der Waals surface area contributed by atoms with E-state index in [2.05, 4.69) is 11.0 Å². The van der Waals surface area contributed by atoms with Gasteiger partial charge in [-0.2, -0.15) is 0 Å². The molecule has 5 nitrogen and oxygen atoms in total. The maximum absolute atomic E-state index is 13.8. The number of halogens is 1. The Morgan fingerprint density at radius 2 is 1.82 bits per heavy atom. The van der Waals surface area contributed by atoms with Crippen molar-refractivity contribution in [3.8, 4) is 11.5 Å². The number of hydrogen-bond donors (Lipinski definition) is 0. The molecule has 6 heteroatoms. The van der Waals surface area contributed by atoms with E-state index in [1.165, 1.54) is 11.6 Å². The summed E-state index contributed by atoms with van der Waals surface area (Å²) in [5, 5.41) is 0. The highest BCUT2D eigenvalue weighted by Gasteiger charge is 2.26. The molecule has 0 aromatic heterocycles. The molecule has 2 aromatic rings. The number of nitrogens with zero attached hydrogens (tertiary/aromatic N) is 2. The topological polar surface area (TPSA) is 42.0 Å². The summed E-state index contributed by atoms with van der Waals surface area (Å²) >= 11 is 0. The second-order valence-corrected chi connectivity index (χ2v) is 7.49. The Bertz CT molecular complexity index is 849. The Morgan fingerprint density at radius 1 is 1.07 bits per heavy atom. The van der Waals surface area contributed by atoms with Crippen molar-refractivity contribution in [3.63, 3.8) is 0 Å². The average Bonchev–Trinajstić information content (AvgIpc) is 3.17. The summed E-state index contributed by atoms with van der Waals surface area (Å²) in [6.07, 6.45) is 0.433. The van der Waals surface area contributed by atoms with Gasteiger partial charge in [-0.05, 0) is 35.7 Å². The first kappa shape index (κ1) is 18.7. The molecule has 0 saturated carbocycles. The van der Waals surface area contributed by atoms with Crippen LogP contribution in [0.4, 0.5) is 4.39 Å². The van der Waals surface area contributed by atoms with Gasteiger partial charge in [0.25, 0.3) is 0 Å². The molecule has 0 radical (unpaired) electrons. The zero-order valence-corrected chi connectivity index (χ0v) is 16.1. The summed E-state index contributed by atoms with van der Waals surface area (Å²) in [5.74, 6) is 1.23. The summed E-state index contributed by atoms with van der Waals surface area (Å²) in [4.78, 5) is 17.0. The fraction of sp³-hybridized carbons (Fsp3) is 0.409. The maximum Gasteiger partial charge on any atom is 0.231 e. The van der Waals surface area contributed by atoms with Gasteiger partial charge in [-0.15, -0.1) is 0 Å². The fourth-order valence-corrected chi connectivity index (χ4v) is 3.82. The molecule has 0 aliphatic carbocycles. The zero-order valence-electron chi connectivity index (χ0n) is 16.1. The Balaban J connectivity index is 1.28. The van der Waals surface area contributed by atoms with E-state index in [1.807, 2.05) is 30.0 Å². The summed E-state index contributed by atoms with van der Waals surface area (Å²) in [5.41, 5.74) is 1.78. The lowest BCUT2D eigenvalue weighted by Gasteiger charge is -2.36. The summed E-state index contributed by atoms with van der Waals surface area (Å²) in [6, 6.07) is 12.7. The van der Waals surface area contributed by atoms with Gasteiger partial charge < -0.3 is 14.4 Å². The van der Waals surface area contributed by atoms with Crippen LogP contribution in [0.5, 0.6) is 11.5 Å². The van der Waals surface area contributed by atoms with Crippen LogP contribution in [0.3, 0.4) is 0 Å². The molecule has 1 saturated heterocycles. The molecule has 2 aliphatic rings. The molecule has 2 aliphatic heterocycles. The van der Waals surface area contributed by atoms with Crippen LogP contribution >= 0.6 is 0 Å².